The molecule has 0 radical (unpaired) electrons. The van der Waals surface area contributed by atoms with Crippen LogP contribution in [0, 0.1) is 5.82 Å². The van der Waals surface area contributed by atoms with Gasteiger partial charge in [0.05, 0.1) is 6.26 Å². The van der Waals surface area contributed by atoms with Gasteiger partial charge in [0.25, 0.3) is 5.91 Å². The summed E-state index contributed by atoms with van der Waals surface area (Å²) in [6, 6.07) is 8.72. The number of likely N-dealkylation sites (N-methyl/N-ethyl adjacent to an activating group) is 1. The average molecular weight is 361 g/mol. The van der Waals surface area contributed by atoms with E-state index in [1.54, 1.807) is 36.1 Å². The van der Waals surface area contributed by atoms with Crippen LogP contribution < -0.4 is 5.32 Å². The van der Waals surface area contributed by atoms with E-state index in [0.29, 0.717) is 18.7 Å². The minimum Gasteiger partial charge on any atom is -0.459 e. The second-order valence-electron chi connectivity index (χ2n) is 6.33. The molecule has 2 amide bonds. The number of hydrogen-bond acceptors (Lipinski definition) is 4. The molecular weight excluding hydrogens is 337 g/mol. The van der Waals surface area contributed by atoms with Crippen LogP contribution in [0.2, 0.25) is 0 Å². The summed E-state index contributed by atoms with van der Waals surface area (Å²) in [5.74, 6) is -0.967. The number of furan rings is 1. The first-order valence-corrected chi connectivity index (χ1v) is 8.39. The minimum atomic E-state index is -0.762. The van der Waals surface area contributed by atoms with Gasteiger partial charge in [-0.1, -0.05) is 18.2 Å². The maximum Gasteiger partial charge on any atom is 0.287 e. The van der Waals surface area contributed by atoms with Crippen LogP contribution >= 0.6 is 0 Å². The molecule has 0 fully saturated rings. The number of hydrogen-bond donors (Lipinski definition) is 1. The molecule has 1 N–H and O–H groups in total. The molecule has 1 atom stereocenters. The van der Waals surface area contributed by atoms with Gasteiger partial charge in [0.1, 0.15) is 11.9 Å². The van der Waals surface area contributed by atoms with Gasteiger partial charge in [-0.2, -0.15) is 0 Å². The van der Waals surface area contributed by atoms with Crippen molar-refractivity contribution in [3.8, 4) is 0 Å². The third-order valence-electron chi connectivity index (χ3n) is 3.91. The fourth-order valence-electron chi connectivity index (χ4n) is 2.43. The lowest BCUT2D eigenvalue weighted by atomic mass is 10.1. The second kappa shape index (κ2) is 9.15. The Balaban J connectivity index is 2.08. The van der Waals surface area contributed by atoms with Crippen molar-refractivity contribution in [1.82, 2.24) is 15.1 Å². The number of amides is 2. The Labute approximate surface area is 152 Å². The molecule has 0 aliphatic carbocycles. The Bertz CT molecular complexity index is 731. The van der Waals surface area contributed by atoms with Gasteiger partial charge < -0.3 is 19.5 Å². The molecule has 26 heavy (non-hydrogen) atoms. The standard InChI is InChI=1S/C19H24FN3O3/c1-14(21-18(24)17-9-6-12-26-17)19(25)23(11-10-22(2)3)13-15-7-4-5-8-16(15)20/h4-9,12,14H,10-11,13H2,1-3H3,(H,21,24). The van der Waals surface area contributed by atoms with Gasteiger partial charge in [-0.3, -0.25) is 9.59 Å². The van der Waals surface area contributed by atoms with Crippen molar-refractivity contribution in [3.63, 3.8) is 0 Å². The van der Waals surface area contributed by atoms with Crippen molar-refractivity contribution < 1.29 is 18.4 Å². The number of rotatable bonds is 8. The Morgan fingerprint density at radius 3 is 2.50 bits per heavy atom. The number of nitrogens with zero attached hydrogens (tertiary/aromatic N) is 2. The smallest absolute Gasteiger partial charge is 0.287 e. The molecule has 2 rings (SSSR count). The molecule has 6 nitrogen and oxygen atoms in total. The molecule has 0 saturated carbocycles. The molecule has 1 aromatic heterocycles. The van der Waals surface area contributed by atoms with Crippen molar-refractivity contribution in [1.29, 1.82) is 0 Å². The molecule has 1 heterocycles. The van der Waals surface area contributed by atoms with Gasteiger partial charge in [-0.15, -0.1) is 0 Å². The highest BCUT2D eigenvalue weighted by Gasteiger charge is 2.24. The fraction of sp³-hybridized carbons (Fsp3) is 0.368. The minimum absolute atomic E-state index is 0.138. The maximum absolute atomic E-state index is 14.0. The molecule has 140 valence electrons. The van der Waals surface area contributed by atoms with Crippen LogP contribution in [0.1, 0.15) is 23.0 Å². The molecular formula is C19H24FN3O3. The highest BCUT2D eigenvalue weighted by atomic mass is 19.1. The van der Waals surface area contributed by atoms with Crippen LogP contribution in [0.25, 0.3) is 0 Å². The van der Waals surface area contributed by atoms with Crippen LogP contribution in [0.4, 0.5) is 4.39 Å². The van der Waals surface area contributed by atoms with E-state index >= 15 is 0 Å². The number of benzene rings is 1. The Morgan fingerprint density at radius 1 is 1.15 bits per heavy atom. The number of nitrogens with one attached hydrogen (secondary N) is 1. The molecule has 0 bridgehead atoms. The zero-order valence-corrected chi connectivity index (χ0v) is 15.2. The molecule has 7 heteroatoms. The first kappa shape index (κ1) is 19.7. The number of carbonyl (C=O) groups is 2. The van der Waals surface area contributed by atoms with Gasteiger partial charge in [0.2, 0.25) is 5.91 Å². The summed E-state index contributed by atoms with van der Waals surface area (Å²) in [6.07, 6.45) is 1.39. The van der Waals surface area contributed by atoms with Crippen molar-refractivity contribution in [2.75, 3.05) is 27.2 Å². The molecule has 1 unspecified atom stereocenters. The fourth-order valence-corrected chi connectivity index (χ4v) is 2.43. The van der Waals surface area contributed by atoms with E-state index in [1.807, 2.05) is 19.0 Å². The maximum atomic E-state index is 14.0. The van der Waals surface area contributed by atoms with Gasteiger partial charge in [-0.05, 0) is 39.2 Å². The van der Waals surface area contributed by atoms with E-state index in [1.165, 1.54) is 18.4 Å². The summed E-state index contributed by atoms with van der Waals surface area (Å²) in [5, 5.41) is 2.62. The lowest BCUT2D eigenvalue weighted by Crippen LogP contribution is -2.48. The van der Waals surface area contributed by atoms with E-state index in [2.05, 4.69) is 5.32 Å². The quantitative estimate of drug-likeness (QED) is 0.782. The third kappa shape index (κ3) is 5.42. The summed E-state index contributed by atoms with van der Waals surface area (Å²) in [4.78, 5) is 28.4. The highest BCUT2D eigenvalue weighted by Crippen LogP contribution is 2.11. The van der Waals surface area contributed by atoms with Crippen molar-refractivity contribution in [2.24, 2.45) is 0 Å². The SMILES string of the molecule is CC(NC(=O)c1ccco1)C(=O)N(CCN(C)C)Cc1ccccc1F. The third-order valence-corrected chi connectivity index (χ3v) is 3.91. The normalized spacial score (nSPS) is 12.0. The first-order chi connectivity index (χ1) is 12.4. The molecule has 0 aliphatic heterocycles. The monoisotopic (exact) mass is 361 g/mol. The average Bonchev–Trinajstić information content (AvgIpc) is 3.14. The summed E-state index contributed by atoms with van der Waals surface area (Å²) < 4.78 is 19.0. The van der Waals surface area contributed by atoms with Crippen LogP contribution in [0.5, 0.6) is 0 Å². The summed E-state index contributed by atoms with van der Waals surface area (Å²) in [7, 11) is 3.79. The Kier molecular flexibility index (Phi) is 6.91. The predicted molar refractivity (Wildman–Crippen MR) is 96.0 cm³/mol. The van der Waals surface area contributed by atoms with Gasteiger partial charge in [0, 0.05) is 25.2 Å². The van der Waals surface area contributed by atoms with Crippen LogP contribution in [-0.2, 0) is 11.3 Å². The summed E-state index contributed by atoms with van der Waals surface area (Å²) in [5.41, 5.74) is 0.434. The van der Waals surface area contributed by atoms with Crippen LogP contribution in [0.15, 0.2) is 47.1 Å². The summed E-state index contributed by atoms with van der Waals surface area (Å²) in [6.45, 7) is 2.79. The van der Waals surface area contributed by atoms with Gasteiger partial charge in [0.15, 0.2) is 5.76 Å². The Hall–Kier alpha value is -2.67. The summed E-state index contributed by atoms with van der Waals surface area (Å²) >= 11 is 0. The largest absolute Gasteiger partial charge is 0.459 e. The molecule has 0 aliphatic rings. The Morgan fingerprint density at radius 2 is 1.88 bits per heavy atom. The van der Waals surface area contributed by atoms with Crippen molar-refractivity contribution >= 4 is 11.8 Å². The first-order valence-electron chi connectivity index (χ1n) is 8.39. The molecule has 0 spiro atoms. The number of halogens is 1. The number of carbonyl (C=O) groups excluding carboxylic acids is 2. The van der Waals surface area contributed by atoms with E-state index in [9.17, 15) is 14.0 Å². The molecule has 1 aromatic carbocycles. The van der Waals surface area contributed by atoms with E-state index in [-0.39, 0.29) is 24.0 Å². The van der Waals surface area contributed by atoms with Crippen LogP contribution in [-0.4, -0.2) is 54.8 Å². The topological polar surface area (TPSA) is 65.8 Å². The lowest BCUT2D eigenvalue weighted by Gasteiger charge is -2.27. The molecule has 0 saturated heterocycles. The van der Waals surface area contributed by atoms with Crippen molar-refractivity contribution in [3.05, 3.63) is 59.8 Å². The molecule has 2 aromatic rings. The zero-order chi connectivity index (χ0) is 19.1. The predicted octanol–water partition coefficient (Wildman–Crippen LogP) is 2.13. The van der Waals surface area contributed by atoms with E-state index in [4.69, 9.17) is 4.42 Å². The van der Waals surface area contributed by atoms with Gasteiger partial charge >= 0.3 is 0 Å². The zero-order valence-electron chi connectivity index (χ0n) is 15.2. The van der Waals surface area contributed by atoms with E-state index < -0.39 is 11.9 Å². The van der Waals surface area contributed by atoms with E-state index in [0.717, 1.165) is 0 Å². The van der Waals surface area contributed by atoms with Crippen molar-refractivity contribution in [2.45, 2.75) is 19.5 Å². The van der Waals surface area contributed by atoms with Crippen LogP contribution in [0.3, 0.4) is 0 Å². The second-order valence-corrected chi connectivity index (χ2v) is 6.33. The lowest BCUT2D eigenvalue weighted by molar-refractivity contribution is -0.133. The highest BCUT2D eigenvalue weighted by molar-refractivity contribution is 5.95. The van der Waals surface area contributed by atoms with Gasteiger partial charge in [-0.25, -0.2) is 4.39 Å².